The van der Waals surface area contributed by atoms with E-state index in [2.05, 4.69) is 24.7 Å². The fraction of sp³-hybridized carbons (Fsp3) is 0.263. The van der Waals surface area contributed by atoms with Crippen molar-refractivity contribution in [3.05, 3.63) is 65.5 Å². The van der Waals surface area contributed by atoms with Gasteiger partial charge in [-0.05, 0) is 54.8 Å². The Balaban J connectivity index is 1.85. The van der Waals surface area contributed by atoms with Crippen LogP contribution >= 0.6 is 0 Å². The van der Waals surface area contributed by atoms with Gasteiger partial charge in [-0.1, -0.05) is 26.0 Å². The van der Waals surface area contributed by atoms with Crippen molar-refractivity contribution in [3.63, 3.8) is 0 Å². The summed E-state index contributed by atoms with van der Waals surface area (Å²) in [4.78, 5) is 24.0. The molecule has 0 aliphatic rings. The highest BCUT2D eigenvalue weighted by atomic mass is 19.1. The van der Waals surface area contributed by atoms with Gasteiger partial charge in [0.05, 0.1) is 0 Å². The maximum absolute atomic E-state index is 12.8. The van der Waals surface area contributed by atoms with Crippen LogP contribution in [0.2, 0.25) is 0 Å². The molecule has 0 fully saturated rings. The quantitative estimate of drug-likeness (QED) is 0.819. The lowest BCUT2D eigenvalue weighted by atomic mass is 10.0. The molecule has 0 saturated carbocycles. The van der Waals surface area contributed by atoms with Gasteiger partial charge < -0.3 is 4.74 Å². The number of hydrogen-bond acceptors (Lipinski definition) is 3. The summed E-state index contributed by atoms with van der Waals surface area (Å²) in [6.07, 6.45) is -0.853. The third-order valence-corrected chi connectivity index (χ3v) is 3.63. The van der Waals surface area contributed by atoms with E-state index in [-0.39, 0.29) is 5.82 Å². The van der Waals surface area contributed by atoms with Crippen LogP contribution < -0.4 is 15.6 Å². The molecular weight excluding hydrogens is 323 g/mol. The number of amides is 2. The Morgan fingerprint density at radius 1 is 0.920 bits per heavy atom. The number of hydrogen-bond donors (Lipinski definition) is 2. The van der Waals surface area contributed by atoms with Gasteiger partial charge in [0.1, 0.15) is 11.6 Å². The molecule has 0 aromatic heterocycles. The monoisotopic (exact) mass is 344 g/mol. The Morgan fingerprint density at radius 3 is 2.08 bits per heavy atom. The first-order valence-electron chi connectivity index (χ1n) is 7.99. The number of carbonyl (C=O) groups excluding carboxylic acids is 2. The van der Waals surface area contributed by atoms with Crippen LogP contribution in [0.3, 0.4) is 0 Å². The van der Waals surface area contributed by atoms with Crippen molar-refractivity contribution in [2.24, 2.45) is 0 Å². The van der Waals surface area contributed by atoms with E-state index in [1.54, 1.807) is 12.1 Å². The van der Waals surface area contributed by atoms with Gasteiger partial charge in [0.2, 0.25) is 0 Å². The Labute approximate surface area is 146 Å². The summed E-state index contributed by atoms with van der Waals surface area (Å²) in [7, 11) is 0. The Morgan fingerprint density at radius 2 is 1.52 bits per heavy atom. The van der Waals surface area contributed by atoms with Crippen LogP contribution in [0.25, 0.3) is 0 Å². The summed E-state index contributed by atoms with van der Waals surface area (Å²) >= 11 is 0. The van der Waals surface area contributed by atoms with E-state index in [4.69, 9.17) is 4.74 Å². The van der Waals surface area contributed by atoms with Gasteiger partial charge >= 0.3 is 0 Å². The van der Waals surface area contributed by atoms with E-state index in [1.165, 1.54) is 31.2 Å². The van der Waals surface area contributed by atoms with E-state index in [0.29, 0.717) is 17.2 Å². The molecule has 6 heteroatoms. The van der Waals surface area contributed by atoms with Crippen LogP contribution in [0, 0.1) is 5.82 Å². The number of nitrogens with one attached hydrogen (secondary N) is 2. The highest BCUT2D eigenvalue weighted by molar-refractivity contribution is 5.95. The number of ether oxygens (including phenoxy) is 1. The average molecular weight is 344 g/mol. The van der Waals surface area contributed by atoms with Crippen molar-refractivity contribution in [3.8, 4) is 5.75 Å². The molecule has 2 aromatic carbocycles. The second kappa shape index (κ2) is 8.28. The molecule has 0 aliphatic carbocycles. The largest absolute Gasteiger partial charge is 0.481 e. The zero-order chi connectivity index (χ0) is 18.4. The van der Waals surface area contributed by atoms with Crippen molar-refractivity contribution < 1.29 is 18.7 Å². The van der Waals surface area contributed by atoms with Gasteiger partial charge in [-0.2, -0.15) is 0 Å². The Hall–Kier alpha value is -2.89. The van der Waals surface area contributed by atoms with Crippen LogP contribution in [0.15, 0.2) is 48.5 Å². The van der Waals surface area contributed by atoms with E-state index < -0.39 is 17.9 Å². The molecule has 0 bridgehead atoms. The van der Waals surface area contributed by atoms with Crippen molar-refractivity contribution in [2.45, 2.75) is 32.8 Å². The number of carbonyl (C=O) groups is 2. The summed E-state index contributed by atoms with van der Waals surface area (Å²) in [6.45, 7) is 5.66. The maximum Gasteiger partial charge on any atom is 0.279 e. The fourth-order valence-electron chi connectivity index (χ4n) is 2.08. The predicted molar refractivity (Wildman–Crippen MR) is 92.6 cm³/mol. The zero-order valence-corrected chi connectivity index (χ0v) is 14.4. The Kier molecular flexibility index (Phi) is 6.11. The second-order valence-electron chi connectivity index (χ2n) is 5.93. The molecule has 25 heavy (non-hydrogen) atoms. The van der Waals surface area contributed by atoms with Crippen LogP contribution in [-0.2, 0) is 4.79 Å². The lowest BCUT2D eigenvalue weighted by molar-refractivity contribution is -0.128. The second-order valence-corrected chi connectivity index (χ2v) is 5.93. The topological polar surface area (TPSA) is 67.4 Å². The van der Waals surface area contributed by atoms with Crippen LogP contribution in [0.5, 0.6) is 5.75 Å². The molecule has 2 rings (SSSR count). The first-order chi connectivity index (χ1) is 11.9. The average Bonchev–Trinajstić information content (AvgIpc) is 2.61. The van der Waals surface area contributed by atoms with Gasteiger partial charge in [-0.15, -0.1) is 0 Å². The standard InChI is InChI=1S/C19H21FN2O3/c1-12(2)14-4-6-15(7-5-14)19(24)22-21-18(23)13(3)25-17-10-8-16(20)9-11-17/h4-13H,1-3H3,(H,21,23)(H,22,24)/t13-/m1/s1. The van der Waals surface area contributed by atoms with Gasteiger partial charge in [0, 0.05) is 5.56 Å². The third kappa shape index (κ3) is 5.31. The molecular formula is C19H21FN2O3. The summed E-state index contributed by atoms with van der Waals surface area (Å²) in [5.74, 6) is -0.588. The normalized spacial score (nSPS) is 11.7. The van der Waals surface area contributed by atoms with Crippen LogP contribution in [0.4, 0.5) is 4.39 Å². The fourth-order valence-corrected chi connectivity index (χ4v) is 2.08. The first-order valence-corrected chi connectivity index (χ1v) is 7.99. The maximum atomic E-state index is 12.8. The van der Waals surface area contributed by atoms with E-state index in [9.17, 15) is 14.0 Å². The van der Waals surface area contributed by atoms with Crippen molar-refractivity contribution >= 4 is 11.8 Å². The molecule has 0 heterocycles. The van der Waals surface area contributed by atoms with Crippen molar-refractivity contribution in [2.75, 3.05) is 0 Å². The smallest absolute Gasteiger partial charge is 0.279 e. The zero-order valence-electron chi connectivity index (χ0n) is 14.4. The molecule has 1 atom stereocenters. The minimum absolute atomic E-state index is 0.361. The van der Waals surface area contributed by atoms with Gasteiger partial charge in [-0.25, -0.2) is 4.39 Å². The van der Waals surface area contributed by atoms with Gasteiger partial charge in [-0.3, -0.25) is 20.4 Å². The number of hydrazine groups is 1. The highest BCUT2D eigenvalue weighted by Crippen LogP contribution is 2.15. The third-order valence-electron chi connectivity index (χ3n) is 3.63. The van der Waals surface area contributed by atoms with Gasteiger partial charge in [0.25, 0.3) is 11.8 Å². The summed E-state index contributed by atoms with van der Waals surface area (Å²) in [5, 5.41) is 0. The van der Waals surface area contributed by atoms with Gasteiger partial charge in [0.15, 0.2) is 6.10 Å². The molecule has 2 amide bonds. The molecule has 2 aromatic rings. The molecule has 132 valence electrons. The van der Waals surface area contributed by atoms with E-state index in [1.807, 2.05) is 12.1 Å². The number of benzene rings is 2. The molecule has 2 N–H and O–H groups in total. The molecule has 0 saturated heterocycles. The summed E-state index contributed by atoms with van der Waals surface area (Å²) in [6, 6.07) is 12.5. The Bertz CT molecular complexity index is 727. The lowest BCUT2D eigenvalue weighted by Crippen LogP contribution is -2.47. The van der Waals surface area contributed by atoms with E-state index in [0.717, 1.165) is 5.56 Å². The minimum atomic E-state index is -0.853. The minimum Gasteiger partial charge on any atom is -0.481 e. The first kappa shape index (κ1) is 18.4. The van der Waals surface area contributed by atoms with E-state index >= 15 is 0 Å². The number of rotatable bonds is 5. The highest BCUT2D eigenvalue weighted by Gasteiger charge is 2.16. The van der Waals surface area contributed by atoms with Crippen molar-refractivity contribution in [1.82, 2.24) is 10.9 Å². The van der Waals surface area contributed by atoms with Crippen LogP contribution in [0.1, 0.15) is 42.6 Å². The molecule has 0 aliphatic heterocycles. The molecule has 0 unspecified atom stereocenters. The molecule has 0 radical (unpaired) electrons. The predicted octanol–water partition coefficient (Wildman–Crippen LogP) is 3.18. The SMILES string of the molecule is CC(C)c1ccc(C(=O)NNC(=O)[C@@H](C)Oc2ccc(F)cc2)cc1. The lowest BCUT2D eigenvalue weighted by Gasteiger charge is -2.15. The molecule has 5 nitrogen and oxygen atoms in total. The molecule has 0 spiro atoms. The van der Waals surface area contributed by atoms with Crippen molar-refractivity contribution in [1.29, 1.82) is 0 Å². The summed E-state index contributed by atoms with van der Waals surface area (Å²) < 4.78 is 18.2. The number of halogens is 1. The summed E-state index contributed by atoms with van der Waals surface area (Å²) in [5.41, 5.74) is 6.23. The van der Waals surface area contributed by atoms with Crippen LogP contribution in [-0.4, -0.2) is 17.9 Å².